The van der Waals surface area contributed by atoms with E-state index < -0.39 is 0 Å². The molecule has 0 bridgehead atoms. The van der Waals surface area contributed by atoms with Crippen molar-refractivity contribution in [1.29, 1.82) is 0 Å². The molecule has 1 fully saturated rings. The van der Waals surface area contributed by atoms with Gasteiger partial charge in [0.05, 0.1) is 0 Å². The second-order valence-corrected chi connectivity index (χ2v) is 6.54. The van der Waals surface area contributed by atoms with Crippen molar-refractivity contribution in [2.24, 2.45) is 0 Å². The minimum Gasteiger partial charge on any atom is -0.381 e. The van der Waals surface area contributed by atoms with Crippen LogP contribution in [0.25, 0.3) is 0 Å². The van der Waals surface area contributed by atoms with E-state index in [1.165, 1.54) is 29.2 Å². The average molecular weight is 253 g/mol. The van der Waals surface area contributed by atoms with E-state index in [1.807, 2.05) is 23.5 Å². The van der Waals surface area contributed by atoms with Crippen LogP contribution in [0.2, 0.25) is 0 Å². The molecule has 0 amide bonds. The average Bonchev–Trinajstić information content (AvgIpc) is 2.81. The summed E-state index contributed by atoms with van der Waals surface area (Å²) < 4.78 is 0. The minimum absolute atomic E-state index is 0.583. The predicted octanol–water partition coefficient (Wildman–Crippen LogP) is 4.03. The van der Waals surface area contributed by atoms with Gasteiger partial charge in [0.2, 0.25) is 0 Å². The molecule has 0 spiro atoms. The van der Waals surface area contributed by atoms with Crippen LogP contribution in [0.4, 0.5) is 5.69 Å². The first-order valence-electron chi connectivity index (χ1n) is 5.76. The maximum absolute atomic E-state index is 3.63. The van der Waals surface area contributed by atoms with Crippen molar-refractivity contribution in [2.45, 2.75) is 24.6 Å². The standard InChI is InChI=1S/C13H19NS2/c1-10(15-2)11-4-3-5-12(8-11)14-13-6-7-16-9-13/h3-5,8,10,13-14H,6-7,9H2,1-2H3. The van der Waals surface area contributed by atoms with Crippen molar-refractivity contribution < 1.29 is 0 Å². The number of hydrogen-bond acceptors (Lipinski definition) is 3. The van der Waals surface area contributed by atoms with Crippen LogP contribution >= 0.6 is 23.5 Å². The summed E-state index contributed by atoms with van der Waals surface area (Å²) in [7, 11) is 0. The molecule has 2 rings (SSSR count). The minimum atomic E-state index is 0.583. The Balaban J connectivity index is 2.03. The highest BCUT2D eigenvalue weighted by molar-refractivity contribution is 7.99. The van der Waals surface area contributed by atoms with E-state index in [1.54, 1.807) is 0 Å². The van der Waals surface area contributed by atoms with Crippen LogP contribution in [0.1, 0.15) is 24.2 Å². The van der Waals surface area contributed by atoms with Crippen molar-refractivity contribution in [3.05, 3.63) is 29.8 Å². The Morgan fingerprint density at radius 1 is 1.50 bits per heavy atom. The predicted molar refractivity (Wildman–Crippen MR) is 77.7 cm³/mol. The third-order valence-corrected chi connectivity index (χ3v) is 5.15. The Morgan fingerprint density at radius 3 is 3.06 bits per heavy atom. The number of thioether (sulfide) groups is 2. The van der Waals surface area contributed by atoms with E-state index in [0.29, 0.717) is 11.3 Å². The summed E-state index contributed by atoms with van der Waals surface area (Å²) >= 11 is 3.95. The van der Waals surface area contributed by atoms with Crippen molar-refractivity contribution in [3.63, 3.8) is 0 Å². The first-order chi connectivity index (χ1) is 7.79. The molecule has 16 heavy (non-hydrogen) atoms. The summed E-state index contributed by atoms with van der Waals surface area (Å²) in [6.45, 7) is 2.26. The fraction of sp³-hybridized carbons (Fsp3) is 0.538. The first kappa shape index (κ1) is 12.2. The van der Waals surface area contributed by atoms with Gasteiger partial charge >= 0.3 is 0 Å². The topological polar surface area (TPSA) is 12.0 Å². The second-order valence-electron chi connectivity index (χ2n) is 4.21. The lowest BCUT2D eigenvalue weighted by Gasteiger charge is -2.15. The number of rotatable bonds is 4. The maximum Gasteiger partial charge on any atom is 0.0359 e. The van der Waals surface area contributed by atoms with Crippen LogP contribution < -0.4 is 5.32 Å². The molecule has 1 aliphatic heterocycles. The molecule has 88 valence electrons. The molecule has 0 aliphatic carbocycles. The molecule has 1 aliphatic rings. The highest BCUT2D eigenvalue weighted by Crippen LogP contribution is 2.28. The van der Waals surface area contributed by atoms with Gasteiger partial charge < -0.3 is 5.32 Å². The third-order valence-electron chi connectivity index (χ3n) is 3.01. The van der Waals surface area contributed by atoms with Crippen LogP contribution in [-0.2, 0) is 0 Å². The molecule has 2 unspecified atom stereocenters. The van der Waals surface area contributed by atoms with Crippen LogP contribution in [0.5, 0.6) is 0 Å². The molecule has 1 heterocycles. The number of anilines is 1. The molecule has 1 aromatic rings. The third kappa shape index (κ3) is 3.11. The van der Waals surface area contributed by atoms with Crippen LogP contribution in [0.3, 0.4) is 0 Å². The van der Waals surface area contributed by atoms with Gasteiger partial charge in [0.25, 0.3) is 0 Å². The fourth-order valence-corrected chi connectivity index (χ4v) is 3.47. The van der Waals surface area contributed by atoms with Gasteiger partial charge in [0, 0.05) is 22.7 Å². The Kier molecular flexibility index (Phi) is 4.47. The van der Waals surface area contributed by atoms with Gasteiger partial charge in [-0.05, 0) is 43.0 Å². The Morgan fingerprint density at radius 2 is 2.38 bits per heavy atom. The molecular formula is C13H19NS2. The van der Waals surface area contributed by atoms with Gasteiger partial charge in [0.15, 0.2) is 0 Å². The number of benzene rings is 1. The van der Waals surface area contributed by atoms with Crippen LogP contribution in [-0.4, -0.2) is 23.8 Å². The van der Waals surface area contributed by atoms with Crippen molar-refractivity contribution in [3.8, 4) is 0 Å². The lowest BCUT2D eigenvalue weighted by atomic mass is 10.1. The zero-order chi connectivity index (χ0) is 11.4. The Bertz CT molecular complexity index is 334. The Hall–Kier alpha value is -0.280. The monoisotopic (exact) mass is 253 g/mol. The van der Waals surface area contributed by atoms with E-state index in [4.69, 9.17) is 0 Å². The molecule has 1 saturated heterocycles. The van der Waals surface area contributed by atoms with Crippen molar-refractivity contribution in [2.75, 3.05) is 23.1 Å². The highest BCUT2D eigenvalue weighted by atomic mass is 32.2. The molecular weight excluding hydrogens is 234 g/mol. The molecule has 0 saturated carbocycles. The molecule has 1 N–H and O–H groups in total. The van der Waals surface area contributed by atoms with Gasteiger partial charge in [-0.15, -0.1) is 0 Å². The van der Waals surface area contributed by atoms with Gasteiger partial charge in [-0.3, -0.25) is 0 Å². The molecule has 2 atom stereocenters. The van der Waals surface area contributed by atoms with E-state index >= 15 is 0 Å². The Labute approximate surface area is 107 Å². The number of hydrogen-bond donors (Lipinski definition) is 1. The summed E-state index contributed by atoms with van der Waals surface area (Å²) in [4.78, 5) is 0. The fourth-order valence-electron chi connectivity index (χ4n) is 1.90. The van der Waals surface area contributed by atoms with Gasteiger partial charge in [-0.25, -0.2) is 0 Å². The summed E-state index contributed by atoms with van der Waals surface area (Å²) in [6, 6.07) is 9.52. The highest BCUT2D eigenvalue weighted by Gasteiger charge is 2.15. The molecule has 3 heteroatoms. The van der Waals surface area contributed by atoms with Crippen LogP contribution in [0, 0.1) is 0 Å². The number of nitrogens with one attached hydrogen (secondary N) is 1. The summed E-state index contributed by atoms with van der Waals surface area (Å²) in [5.41, 5.74) is 2.70. The molecule has 1 nitrogen and oxygen atoms in total. The quantitative estimate of drug-likeness (QED) is 0.870. The van der Waals surface area contributed by atoms with Gasteiger partial charge in [-0.1, -0.05) is 12.1 Å². The summed E-state index contributed by atoms with van der Waals surface area (Å²) in [6.07, 6.45) is 3.46. The van der Waals surface area contributed by atoms with Crippen molar-refractivity contribution >= 4 is 29.2 Å². The molecule has 1 aromatic carbocycles. The summed E-state index contributed by atoms with van der Waals surface area (Å²) in [5, 5.41) is 4.21. The lowest BCUT2D eigenvalue weighted by Crippen LogP contribution is -2.18. The second kappa shape index (κ2) is 5.87. The van der Waals surface area contributed by atoms with E-state index in [0.717, 1.165) is 0 Å². The van der Waals surface area contributed by atoms with E-state index in [2.05, 4.69) is 42.8 Å². The lowest BCUT2D eigenvalue weighted by molar-refractivity contribution is 0.812. The van der Waals surface area contributed by atoms with Gasteiger partial charge in [0.1, 0.15) is 0 Å². The van der Waals surface area contributed by atoms with Crippen LogP contribution in [0.15, 0.2) is 24.3 Å². The van der Waals surface area contributed by atoms with Gasteiger partial charge in [-0.2, -0.15) is 23.5 Å². The van der Waals surface area contributed by atoms with E-state index in [-0.39, 0.29) is 0 Å². The zero-order valence-electron chi connectivity index (χ0n) is 9.90. The zero-order valence-corrected chi connectivity index (χ0v) is 11.5. The maximum atomic E-state index is 3.63. The van der Waals surface area contributed by atoms with Crippen molar-refractivity contribution in [1.82, 2.24) is 0 Å². The normalized spacial score (nSPS) is 22.0. The summed E-state index contributed by atoms with van der Waals surface area (Å²) in [5.74, 6) is 2.56. The van der Waals surface area contributed by atoms with E-state index in [9.17, 15) is 0 Å². The smallest absolute Gasteiger partial charge is 0.0359 e. The SMILES string of the molecule is CSC(C)c1cccc(NC2CCSC2)c1. The molecule has 0 radical (unpaired) electrons. The largest absolute Gasteiger partial charge is 0.381 e. The first-order valence-corrected chi connectivity index (χ1v) is 8.21. The molecule has 0 aromatic heterocycles.